The van der Waals surface area contributed by atoms with Gasteiger partial charge in [-0.1, -0.05) is 31.5 Å². The van der Waals surface area contributed by atoms with Gasteiger partial charge in [0.2, 0.25) is 5.88 Å². The Kier molecular flexibility index (Phi) is 8.62. The molecule has 1 aromatic heterocycles. The molecule has 0 radical (unpaired) electrons. The molecule has 0 spiro atoms. The lowest BCUT2D eigenvalue weighted by molar-refractivity contribution is -0.376. The quantitative estimate of drug-likeness (QED) is 0.203. The van der Waals surface area contributed by atoms with Gasteiger partial charge in [0, 0.05) is 23.4 Å². The van der Waals surface area contributed by atoms with Crippen molar-refractivity contribution in [2.75, 3.05) is 7.11 Å². The summed E-state index contributed by atoms with van der Waals surface area (Å²) in [5, 5.41) is 12.5. The van der Waals surface area contributed by atoms with Gasteiger partial charge in [0.1, 0.15) is 17.0 Å². The fraction of sp³-hybridized carbons (Fsp3) is 0.367. The third-order valence-electron chi connectivity index (χ3n) is 7.52. The van der Waals surface area contributed by atoms with Crippen LogP contribution in [0.4, 0.5) is 31.1 Å². The predicted octanol–water partition coefficient (Wildman–Crippen LogP) is 6.68. The van der Waals surface area contributed by atoms with E-state index < -0.39 is 47.0 Å². The van der Waals surface area contributed by atoms with Crippen LogP contribution in [0.2, 0.25) is 0 Å². The Morgan fingerprint density at radius 3 is 2.27 bits per heavy atom. The molecule has 1 fully saturated rings. The van der Waals surface area contributed by atoms with E-state index in [1.54, 1.807) is 45.0 Å². The van der Waals surface area contributed by atoms with Gasteiger partial charge in [0.05, 0.1) is 13.2 Å². The minimum Gasteiger partial charge on any atom is -0.481 e. The van der Waals surface area contributed by atoms with Gasteiger partial charge in [-0.3, -0.25) is 9.69 Å². The number of alkyl halides is 6. The number of aliphatic hydroxyl groups is 1. The van der Waals surface area contributed by atoms with Crippen LogP contribution in [0.1, 0.15) is 55.5 Å². The van der Waals surface area contributed by atoms with Crippen molar-refractivity contribution < 1.29 is 50.5 Å². The molecule has 3 amide bonds. The molecule has 1 saturated heterocycles. The van der Waals surface area contributed by atoms with E-state index in [-0.39, 0.29) is 23.5 Å². The van der Waals surface area contributed by atoms with Crippen LogP contribution >= 0.6 is 0 Å². The number of methoxy groups -OCH3 is 1. The van der Waals surface area contributed by atoms with E-state index in [2.05, 4.69) is 10.3 Å². The lowest BCUT2D eigenvalue weighted by atomic mass is 9.90. The van der Waals surface area contributed by atoms with Crippen molar-refractivity contribution in [3.63, 3.8) is 0 Å². The third kappa shape index (κ3) is 5.65. The molecule has 3 aromatic rings. The van der Waals surface area contributed by atoms with Gasteiger partial charge in [-0.2, -0.15) is 26.3 Å². The minimum absolute atomic E-state index is 0.00772. The zero-order valence-corrected chi connectivity index (χ0v) is 24.0. The molecule has 2 N–H and O–H groups in total. The van der Waals surface area contributed by atoms with Crippen LogP contribution in [-0.2, 0) is 22.4 Å². The highest BCUT2D eigenvalue weighted by molar-refractivity contribution is 6.07. The molecule has 2 heterocycles. The second-order valence-electron chi connectivity index (χ2n) is 10.4. The summed E-state index contributed by atoms with van der Waals surface area (Å²) in [6.07, 6.45) is -10.2. The second-order valence-corrected chi connectivity index (χ2v) is 10.4. The number of carbonyl (C=O) groups is 2. The van der Waals surface area contributed by atoms with E-state index in [0.29, 0.717) is 35.6 Å². The monoisotopic (exact) mass is 625 g/mol. The molecule has 4 rings (SSSR count). The number of rotatable bonds is 9. The van der Waals surface area contributed by atoms with Crippen LogP contribution in [0.15, 0.2) is 60.8 Å². The predicted molar refractivity (Wildman–Crippen MR) is 145 cm³/mol. The molecule has 8 nitrogen and oxygen atoms in total. The van der Waals surface area contributed by atoms with Crippen LogP contribution in [0.3, 0.4) is 0 Å². The number of hydrogen-bond acceptors (Lipinski definition) is 6. The molecule has 0 aliphatic carbocycles. The number of nitrogens with one attached hydrogen (secondary N) is 1. The number of benzene rings is 2. The Labute approximate surface area is 248 Å². The van der Waals surface area contributed by atoms with Crippen LogP contribution in [-0.4, -0.2) is 46.4 Å². The summed E-state index contributed by atoms with van der Waals surface area (Å²) in [5.41, 5.74) is -6.98. The number of nitrogens with zero attached hydrogens (tertiary/aromatic N) is 2. The Balaban J connectivity index is 1.63. The number of ether oxygens (including phenoxy) is 2. The van der Waals surface area contributed by atoms with Crippen LogP contribution in [0, 0.1) is 0 Å². The molecular weight excluding hydrogens is 596 g/mol. The number of urea groups is 1. The van der Waals surface area contributed by atoms with Crippen molar-refractivity contribution in [2.45, 2.75) is 63.1 Å². The first-order valence-electron chi connectivity index (χ1n) is 13.4. The van der Waals surface area contributed by atoms with Crippen molar-refractivity contribution in [2.24, 2.45) is 0 Å². The SMILES string of the molecule is CCCc1cc(C(O)(C(F)(F)F)C(F)(F)F)ccc1Oc1cccc(C(C)N2C(=O)NC(C)(c3ccc(OC)nc3)C2=O)c1. The number of carbonyl (C=O) groups excluding carboxylic acids is 2. The Morgan fingerprint density at radius 1 is 1.02 bits per heavy atom. The zero-order chi connectivity index (χ0) is 32.7. The maximum absolute atomic E-state index is 13.5. The van der Waals surface area contributed by atoms with Crippen molar-refractivity contribution in [1.29, 1.82) is 0 Å². The maximum Gasteiger partial charge on any atom is 0.430 e. The van der Waals surface area contributed by atoms with Gasteiger partial charge >= 0.3 is 18.4 Å². The topological polar surface area (TPSA) is 101 Å². The smallest absolute Gasteiger partial charge is 0.430 e. The van der Waals surface area contributed by atoms with Gasteiger partial charge in [-0.25, -0.2) is 9.78 Å². The summed E-state index contributed by atoms with van der Waals surface area (Å²) in [6.45, 7) is 4.83. The Hall–Kier alpha value is -4.33. The molecule has 1 aliphatic rings. The number of aromatic nitrogens is 1. The summed E-state index contributed by atoms with van der Waals surface area (Å²) >= 11 is 0. The average Bonchev–Trinajstić information content (AvgIpc) is 3.20. The molecule has 14 heteroatoms. The molecule has 0 bridgehead atoms. The van der Waals surface area contributed by atoms with Crippen LogP contribution in [0.25, 0.3) is 0 Å². The first kappa shape index (κ1) is 32.6. The molecule has 2 atom stereocenters. The van der Waals surface area contributed by atoms with Crippen molar-refractivity contribution in [1.82, 2.24) is 15.2 Å². The number of halogens is 6. The first-order chi connectivity index (χ1) is 20.5. The third-order valence-corrected chi connectivity index (χ3v) is 7.52. The maximum atomic E-state index is 13.5. The van der Waals surface area contributed by atoms with Gasteiger partial charge in [-0.05, 0) is 61.7 Å². The van der Waals surface area contributed by atoms with E-state index in [1.165, 1.54) is 25.4 Å². The minimum atomic E-state index is -6.03. The van der Waals surface area contributed by atoms with E-state index in [9.17, 15) is 41.0 Å². The standard InChI is InChI=1S/C30H29F6N3O5/c1-5-7-19-14-20(28(42,29(31,32)33)30(34,35)36)10-12-23(19)44-22-9-6-8-18(15-22)17(2)39-25(40)27(3,38-26(39)41)21-11-13-24(43-4)37-16-21/h6,8-17,42H,5,7H2,1-4H3,(H,38,41). The van der Waals surface area contributed by atoms with Crippen molar-refractivity contribution >= 4 is 11.9 Å². The van der Waals surface area contributed by atoms with Crippen molar-refractivity contribution in [3.05, 3.63) is 83.0 Å². The Morgan fingerprint density at radius 2 is 1.70 bits per heavy atom. The molecular formula is C30H29F6N3O5. The summed E-state index contributed by atoms with van der Waals surface area (Å²) in [7, 11) is 1.44. The highest BCUT2D eigenvalue weighted by atomic mass is 19.4. The summed E-state index contributed by atoms with van der Waals surface area (Å²) in [6, 6.07) is 9.98. The zero-order valence-electron chi connectivity index (χ0n) is 24.0. The van der Waals surface area contributed by atoms with Gasteiger partial charge in [0.15, 0.2) is 0 Å². The molecule has 236 valence electrons. The number of pyridine rings is 1. The molecule has 1 aliphatic heterocycles. The van der Waals surface area contributed by atoms with Gasteiger partial charge < -0.3 is 19.9 Å². The molecule has 44 heavy (non-hydrogen) atoms. The molecule has 2 aromatic carbocycles. The largest absolute Gasteiger partial charge is 0.481 e. The number of hydrogen-bond donors (Lipinski definition) is 2. The highest BCUT2D eigenvalue weighted by Gasteiger charge is 2.71. The van der Waals surface area contributed by atoms with Gasteiger partial charge in [-0.15, -0.1) is 0 Å². The number of aryl methyl sites for hydroxylation is 1. The molecule has 0 saturated carbocycles. The van der Waals surface area contributed by atoms with Crippen LogP contribution < -0.4 is 14.8 Å². The lowest BCUT2D eigenvalue weighted by Crippen LogP contribution is -2.53. The fourth-order valence-corrected chi connectivity index (χ4v) is 4.98. The molecule has 2 unspecified atom stereocenters. The summed E-state index contributed by atoms with van der Waals surface area (Å²) in [5.74, 6) is -0.0996. The van der Waals surface area contributed by atoms with Crippen molar-refractivity contribution in [3.8, 4) is 17.4 Å². The second kappa shape index (κ2) is 11.6. The lowest BCUT2D eigenvalue weighted by Gasteiger charge is -2.33. The van der Waals surface area contributed by atoms with Gasteiger partial charge in [0.25, 0.3) is 11.5 Å². The number of imide groups is 1. The van der Waals surface area contributed by atoms with E-state index in [1.807, 2.05) is 0 Å². The normalized spacial score (nSPS) is 18.3. The average molecular weight is 626 g/mol. The van der Waals surface area contributed by atoms with E-state index in [0.717, 1.165) is 11.0 Å². The highest BCUT2D eigenvalue weighted by Crippen LogP contribution is 2.50. The fourth-order valence-electron chi connectivity index (χ4n) is 4.98. The van der Waals surface area contributed by atoms with E-state index in [4.69, 9.17) is 9.47 Å². The Bertz CT molecular complexity index is 1530. The number of amides is 3. The van der Waals surface area contributed by atoms with Crippen LogP contribution in [0.5, 0.6) is 17.4 Å². The summed E-state index contributed by atoms with van der Waals surface area (Å²) in [4.78, 5) is 31.7. The summed E-state index contributed by atoms with van der Waals surface area (Å²) < 4.78 is 91.7. The first-order valence-corrected chi connectivity index (χ1v) is 13.4. The van der Waals surface area contributed by atoms with E-state index >= 15 is 0 Å².